The molecule has 2 heterocycles. The molecule has 1 atom stereocenters. The maximum atomic E-state index is 13.0. The van der Waals surface area contributed by atoms with Crippen LogP contribution in [0.4, 0.5) is 10.5 Å². The molecule has 8 nitrogen and oxygen atoms in total. The number of anilines is 1. The number of amides is 4. The summed E-state index contributed by atoms with van der Waals surface area (Å²) >= 11 is 0. The van der Waals surface area contributed by atoms with Crippen LogP contribution in [0.5, 0.6) is 11.5 Å². The predicted octanol–water partition coefficient (Wildman–Crippen LogP) is 2.94. The van der Waals surface area contributed by atoms with E-state index in [4.69, 9.17) is 9.47 Å². The Kier molecular flexibility index (Phi) is 4.85. The lowest BCUT2D eigenvalue weighted by atomic mass is 9.91. The summed E-state index contributed by atoms with van der Waals surface area (Å²) in [7, 11) is 0. The highest BCUT2D eigenvalue weighted by Crippen LogP contribution is 2.37. The molecule has 1 saturated heterocycles. The number of rotatable bonds is 5. The van der Waals surface area contributed by atoms with Crippen LogP contribution in [0.3, 0.4) is 0 Å². The highest BCUT2D eigenvalue weighted by Gasteiger charge is 2.49. The van der Waals surface area contributed by atoms with Gasteiger partial charge in [0.25, 0.3) is 5.91 Å². The van der Waals surface area contributed by atoms with Crippen molar-refractivity contribution in [2.24, 2.45) is 0 Å². The molecule has 4 rings (SSSR count). The molecule has 2 aromatic rings. The van der Waals surface area contributed by atoms with Crippen molar-refractivity contribution in [1.82, 2.24) is 10.2 Å². The van der Waals surface area contributed by atoms with Crippen molar-refractivity contribution in [3.63, 3.8) is 0 Å². The lowest BCUT2D eigenvalue weighted by molar-refractivity contribution is -0.133. The molecule has 2 aliphatic rings. The Morgan fingerprint density at radius 1 is 1.13 bits per heavy atom. The summed E-state index contributed by atoms with van der Waals surface area (Å²) in [5.74, 6) is 0.521. The number of imide groups is 1. The third-order valence-corrected chi connectivity index (χ3v) is 5.39. The van der Waals surface area contributed by atoms with Gasteiger partial charge in [0, 0.05) is 5.69 Å². The molecule has 2 aromatic carbocycles. The molecular weight excluding hydrogens is 386 g/mol. The molecule has 8 heteroatoms. The highest BCUT2D eigenvalue weighted by molar-refractivity contribution is 6.10. The number of carbonyl (C=O) groups excluding carboxylic acids is 3. The molecule has 2 N–H and O–H groups in total. The normalized spacial score (nSPS) is 19.9. The average molecular weight is 409 g/mol. The summed E-state index contributed by atoms with van der Waals surface area (Å²) < 4.78 is 10.7. The number of urea groups is 1. The van der Waals surface area contributed by atoms with Crippen LogP contribution in [-0.4, -0.2) is 36.1 Å². The lowest BCUT2D eigenvalue weighted by Gasteiger charge is -2.22. The van der Waals surface area contributed by atoms with Gasteiger partial charge in [0.2, 0.25) is 12.7 Å². The molecule has 0 radical (unpaired) electrons. The molecule has 0 unspecified atom stereocenters. The van der Waals surface area contributed by atoms with E-state index in [1.807, 2.05) is 12.1 Å². The number of nitrogens with zero attached hydrogens (tertiary/aromatic N) is 1. The van der Waals surface area contributed by atoms with Gasteiger partial charge in [0.15, 0.2) is 11.5 Å². The fourth-order valence-corrected chi connectivity index (χ4v) is 3.54. The first-order valence-corrected chi connectivity index (χ1v) is 9.72. The molecule has 0 aromatic heterocycles. The van der Waals surface area contributed by atoms with Gasteiger partial charge >= 0.3 is 6.03 Å². The van der Waals surface area contributed by atoms with E-state index in [0.29, 0.717) is 28.7 Å². The fraction of sp³-hybridized carbons (Fsp3) is 0.318. The second kappa shape index (κ2) is 7.37. The SMILES string of the molecule is CC(C)c1ccc(NC(=O)CN2C(=O)N[C@](C)(c3ccc4c(c3)OCO4)C2=O)cc1. The number of nitrogens with one attached hydrogen (secondary N) is 2. The lowest BCUT2D eigenvalue weighted by Crippen LogP contribution is -2.42. The van der Waals surface area contributed by atoms with Crippen molar-refractivity contribution in [1.29, 1.82) is 0 Å². The van der Waals surface area contributed by atoms with E-state index < -0.39 is 23.4 Å². The third kappa shape index (κ3) is 3.45. The first-order valence-electron chi connectivity index (χ1n) is 9.72. The van der Waals surface area contributed by atoms with Gasteiger partial charge in [0.05, 0.1) is 0 Å². The Morgan fingerprint density at radius 3 is 2.53 bits per heavy atom. The number of carbonyl (C=O) groups is 3. The summed E-state index contributed by atoms with van der Waals surface area (Å²) in [6, 6.07) is 11.9. The van der Waals surface area contributed by atoms with Gasteiger partial charge in [-0.2, -0.15) is 0 Å². The van der Waals surface area contributed by atoms with Crippen molar-refractivity contribution in [2.75, 3.05) is 18.7 Å². The average Bonchev–Trinajstić information content (AvgIpc) is 3.27. The van der Waals surface area contributed by atoms with Crippen LogP contribution < -0.4 is 20.1 Å². The first kappa shape index (κ1) is 19.8. The topological polar surface area (TPSA) is 97.0 Å². The Balaban J connectivity index is 1.46. The maximum absolute atomic E-state index is 13.0. The zero-order valence-corrected chi connectivity index (χ0v) is 17.0. The molecule has 1 fully saturated rings. The van der Waals surface area contributed by atoms with E-state index in [1.54, 1.807) is 37.3 Å². The van der Waals surface area contributed by atoms with Gasteiger partial charge in [-0.05, 0) is 48.2 Å². The summed E-state index contributed by atoms with van der Waals surface area (Å²) in [6.07, 6.45) is 0. The molecule has 4 amide bonds. The van der Waals surface area contributed by atoms with Gasteiger partial charge in [-0.15, -0.1) is 0 Å². The molecule has 30 heavy (non-hydrogen) atoms. The van der Waals surface area contributed by atoms with Crippen LogP contribution in [0.2, 0.25) is 0 Å². The minimum absolute atomic E-state index is 0.111. The van der Waals surface area contributed by atoms with Crippen molar-refractivity contribution in [3.8, 4) is 11.5 Å². The van der Waals surface area contributed by atoms with E-state index >= 15 is 0 Å². The predicted molar refractivity (Wildman–Crippen MR) is 109 cm³/mol. The molecule has 2 aliphatic heterocycles. The molecule has 0 aliphatic carbocycles. The number of fused-ring (bicyclic) bond motifs is 1. The maximum Gasteiger partial charge on any atom is 0.325 e. The van der Waals surface area contributed by atoms with Crippen LogP contribution in [0, 0.1) is 0 Å². The fourth-order valence-electron chi connectivity index (χ4n) is 3.54. The molecule has 0 bridgehead atoms. The van der Waals surface area contributed by atoms with Crippen molar-refractivity contribution in [3.05, 3.63) is 53.6 Å². The van der Waals surface area contributed by atoms with Crippen LogP contribution >= 0.6 is 0 Å². The van der Waals surface area contributed by atoms with E-state index in [9.17, 15) is 14.4 Å². The number of hydrogen-bond acceptors (Lipinski definition) is 5. The summed E-state index contributed by atoms with van der Waals surface area (Å²) in [4.78, 5) is 38.9. The standard InChI is InChI=1S/C22H23N3O5/c1-13(2)14-4-7-16(8-5-14)23-19(26)11-25-20(27)22(3,24-21(25)28)15-6-9-17-18(10-15)30-12-29-17/h4-10,13H,11-12H2,1-3H3,(H,23,26)(H,24,28)/t22-/m1/s1. The van der Waals surface area contributed by atoms with E-state index in [2.05, 4.69) is 24.5 Å². The first-order chi connectivity index (χ1) is 14.3. The zero-order chi connectivity index (χ0) is 21.5. The Morgan fingerprint density at radius 2 is 1.83 bits per heavy atom. The molecular formula is C22H23N3O5. The van der Waals surface area contributed by atoms with E-state index in [0.717, 1.165) is 10.5 Å². The second-order valence-electron chi connectivity index (χ2n) is 7.84. The van der Waals surface area contributed by atoms with Crippen LogP contribution in [0.25, 0.3) is 0 Å². The smallest absolute Gasteiger partial charge is 0.325 e. The van der Waals surface area contributed by atoms with Gasteiger partial charge in [0.1, 0.15) is 12.1 Å². The number of hydrogen-bond donors (Lipinski definition) is 2. The van der Waals surface area contributed by atoms with Crippen molar-refractivity contribution < 1.29 is 23.9 Å². The largest absolute Gasteiger partial charge is 0.454 e. The monoisotopic (exact) mass is 409 g/mol. The van der Waals surface area contributed by atoms with Crippen LogP contribution in [0.15, 0.2) is 42.5 Å². The van der Waals surface area contributed by atoms with Gasteiger partial charge in [-0.1, -0.05) is 32.0 Å². The highest BCUT2D eigenvalue weighted by atomic mass is 16.7. The van der Waals surface area contributed by atoms with Gasteiger partial charge in [-0.25, -0.2) is 4.79 Å². The molecule has 156 valence electrons. The summed E-state index contributed by atoms with van der Waals surface area (Å²) in [6.45, 7) is 5.51. The van der Waals surface area contributed by atoms with E-state index in [-0.39, 0.29) is 13.3 Å². The second-order valence-corrected chi connectivity index (χ2v) is 7.84. The van der Waals surface area contributed by atoms with E-state index in [1.165, 1.54) is 0 Å². The van der Waals surface area contributed by atoms with Crippen LogP contribution in [-0.2, 0) is 15.1 Å². The van der Waals surface area contributed by atoms with Crippen LogP contribution in [0.1, 0.15) is 37.8 Å². The molecule has 0 saturated carbocycles. The number of benzene rings is 2. The Hall–Kier alpha value is -3.55. The minimum Gasteiger partial charge on any atom is -0.454 e. The molecule has 0 spiro atoms. The minimum atomic E-state index is -1.29. The number of ether oxygens (including phenoxy) is 2. The Labute approximate surface area is 174 Å². The van der Waals surface area contributed by atoms with Gasteiger partial charge in [-0.3, -0.25) is 14.5 Å². The summed E-state index contributed by atoms with van der Waals surface area (Å²) in [5.41, 5.74) is 1.02. The van der Waals surface area contributed by atoms with Crippen molar-refractivity contribution in [2.45, 2.75) is 32.2 Å². The summed E-state index contributed by atoms with van der Waals surface area (Å²) in [5, 5.41) is 5.42. The third-order valence-electron chi connectivity index (χ3n) is 5.39. The zero-order valence-electron chi connectivity index (χ0n) is 17.0. The Bertz CT molecular complexity index is 1020. The quantitative estimate of drug-likeness (QED) is 0.740. The van der Waals surface area contributed by atoms with Crippen molar-refractivity contribution >= 4 is 23.5 Å². The van der Waals surface area contributed by atoms with Gasteiger partial charge < -0.3 is 20.1 Å².